The predicted molar refractivity (Wildman–Crippen MR) is 78.6 cm³/mol. The Morgan fingerprint density at radius 3 is 2.71 bits per heavy atom. The number of likely N-dealkylation sites (tertiary alicyclic amines) is 1. The second-order valence-electron chi connectivity index (χ2n) is 6.53. The second kappa shape index (κ2) is 5.79. The maximum absolute atomic E-state index is 12.5. The van der Waals surface area contributed by atoms with Crippen LogP contribution in [0.2, 0.25) is 0 Å². The van der Waals surface area contributed by atoms with Crippen molar-refractivity contribution in [2.75, 3.05) is 33.3 Å². The molecule has 0 aromatic heterocycles. The highest BCUT2D eigenvalue weighted by molar-refractivity contribution is 5.79. The van der Waals surface area contributed by atoms with E-state index in [4.69, 9.17) is 4.74 Å². The summed E-state index contributed by atoms with van der Waals surface area (Å²) in [5, 5.41) is 0. The molecule has 5 heteroatoms. The Kier molecular flexibility index (Phi) is 4.02. The molecule has 1 unspecified atom stereocenters. The van der Waals surface area contributed by atoms with E-state index < -0.39 is 0 Å². The third kappa shape index (κ3) is 2.98. The molecule has 1 atom stereocenters. The van der Waals surface area contributed by atoms with Crippen LogP contribution in [0.3, 0.4) is 0 Å². The maximum Gasteiger partial charge on any atom is 0.248 e. The van der Waals surface area contributed by atoms with Gasteiger partial charge in [-0.3, -0.25) is 9.59 Å². The van der Waals surface area contributed by atoms with Gasteiger partial charge in [0.15, 0.2) is 0 Å². The topological polar surface area (TPSA) is 49.9 Å². The van der Waals surface area contributed by atoms with Crippen molar-refractivity contribution in [3.63, 3.8) is 0 Å². The number of hydrogen-bond donors (Lipinski definition) is 0. The number of rotatable bonds is 1. The second-order valence-corrected chi connectivity index (χ2v) is 6.53. The van der Waals surface area contributed by atoms with Crippen LogP contribution in [0.4, 0.5) is 0 Å². The minimum Gasteiger partial charge on any atom is -0.363 e. The fourth-order valence-electron chi connectivity index (χ4n) is 3.60. The van der Waals surface area contributed by atoms with Gasteiger partial charge >= 0.3 is 0 Å². The van der Waals surface area contributed by atoms with Crippen LogP contribution in [0.25, 0.3) is 0 Å². The first-order valence-corrected chi connectivity index (χ1v) is 7.91. The molecule has 0 N–H and O–H groups in total. The number of carbonyl (C=O) groups excluding carboxylic acids is 2. The molecule has 1 aliphatic carbocycles. The van der Waals surface area contributed by atoms with Crippen molar-refractivity contribution >= 4 is 11.8 Å². The Labute approximate surface area is 125 Å². The van der Waals surface area contributed by atoms with Crippen LogP contribution in [-0.4, -0.2) is 60.5 Å². The number of hydrogen-bond acceptors (Lipinski definition) is 3. The van der Waals surface area contributed by atoms with Crippen molar-refractivity contribution in [2.45, 2.75) is 37.7 Å². The monoisotopic (exact) mass is 292 g/mol. The number of morpholine rings is 1. The average Bonchev–Trinajstić information content (AvgIpc) is 2.52. The SMILES string of the molecule is CN1CC2(CCN(C(=O)C3CC=CCC3)CC2)OCC1=O. The van der Waals surface area contributed by atoms with E-state index in [9.17, 15) is 9.59 Å². The van der Waals surface area contributed by atoms with Crippen molar-refractivity contribution in [2.24, 2.45) is 5.92 Å². The average molecular weight is 292 g/mol. The molecular formula is C16H24N2O3. The van der Waals surface area contributed by atoms with Crippen molar-refractivity contribution in [3.8, 4) is 0 Å². The molecule has 2 heterocycles. The van der Waals surface area contributed by atoms with E-state index in [0.29, 0.717) is 12.5 Å². The summed E-state index contributed by atoms with van der Waals surface area (Å²) < 4.78 is 5.82. The molecule has 3 aliphatic rings. The van der Waals surface area contributed by atoms with Crippen LogP contribution >= 0.6 is 0 Å². The lowest BCUT2D eigenvalue weighted by molar-refractivity contribution is -0.171. The van der Waals surface area contributed by atoms with E-state index in [0.717, 1.165) is 45.2 Å². The summed E-state index contributed by atoms with van der Waals surface area (Å²) in [6.45, 7) is 2.33. The number of likely N-dealkylation sites (N-methyl/N-ethyl adjacent to an activating group) is 1. The lowest BCUT2D eigenvalue weighted by Gasteiger charge is -2.46. The standard InChI is InChI=1S/C16H24N2O3/c1-17-12-16(21-11-14(17)19)7-9-18(10-8-16)15(20)13-5-3-2-4-6-13/h2-3,13H,4-12H2,1H3. The zero-order chi connectivity index (χ0) is 14.9. The molecule has 2 fully saturated rings. The van der Waals surface area contributed by atoms with Crippen LogP contribution in [0.1, 0.15) is 32.1 Å². The Morgan fingerprint density at radius 2 is 2.10 bits per heavy atom. The van der Waals surface area contributed by atoms with Crippen LogP contribution in [0, 0.1) is 5.92 Å². The van der Waals surface area contributed by atoms with Gasteiger partial charge in [0.1, 0.15) is 6.61 Å². The summed E-state index contributed by atoms with van der Waals surface area (Å²) in [5.41, 5.74) is -0.230. The van der Waals surface area contributed by atoms with Gasteiger partial charge in [-0.15, -0.1) is 0 Å². The molecule has 0 aromatic rings. The molecule has 0 radical (unpaired) electrons. The van der Waals surface area contributed by atoms with Crippen molar-refractivity contribution in [3.05, 3.63) is 12.2 Å². The van der Waals surface area contributed by atoms with Crippen LogP contribution in [0.5, 0.6) is 0 Å². The van der Waals surface area contributed by atoms with Gasteiger partial charge in [-0.1, -0.05) is 12.2 Å². The molecule has 116 valence electrons. The van der Waals surface area contributed by atoms with Crippen molar-refractivity contribution < 1.29 is 14.3 Å². The summed E-state index contributed by atoms with van der Waals surface area (Å²) in [4.78, 5) is 27.8. The maximum atomic E-state index is 12.5. The van der Waals surface area contributed by atoms with Gasteiger partial charge in [0.25, 0.3) is 0 Å². The highest BCUT2D eigenvalue weighted by atomic mass is 16.5. The number of piperidine rings is 1. The van der Waals surface area contributed by atoms with Gasteiger partial charge in [0.2, 0.25) is 11.8 Å². The fourth-order valence-corrected chi connectivity index (χ4v) is 3.60. The third-order valence-corrected chi connectivity index (χ3v) is 5.06. The third-order valence-electron chi connectivity index (χ3n) is 5.06. The fraction of sp³-hybridized carbons (Fsp3) is 0.750. The zero-order valence-electron chi connectivity index (χ0n) is 12.7. The van der Waals surface area contributed by atoms with E-state index in [1.54, 1.807) is 4.90 Å². The van der Waals surface area contributed by atoms with E-state index in [1.165, 1.54) is 0 Å². The molecule has 1 spiro atoms. The van der Waals surface area contributed by atoms with Gasteiger partial charge in [-0.25, -0.2) is 0 Å². The quantitative estimate of drug-likeness (QED) is 0.682. The van der Waals surface area contributed by atoms with Crippen molar-refractivity contribution in [1.29, 1.82) is 0 Å². The lowest BCUT2D eigenvalue weighted by Crippen LogP contribution is -2.58. The summed E-state index contributed by atoms with van der Waals surface area (Å²) >= 11 is 0. The first kappa shape index (κ1) is 14.6. The molecule has 21 heavy (non-hydrogen) atoms. The molecule has 0 bridgehead atoms. The van der Waals surface area contributed by atoms with Crippen LogP contribution in [0.15, 0.2) is 12.2 Å². The normalized spacial score (nSPS) is 29.0. The number of carbonyl (C=O) groups is 2. The summed E-state index contributed by atoms with van der Waals surface area (Å²) in [6.07, 6.45) is 8.83. The summed E-state index contributed by atoms with van der Waals surface area (Å²) in [5.74, 6) is 0.517. The lowest BCUT2D eigenvalue weighted by atomic mass is 9.87. The minimum absolute atomic E-state index is 0.0492. The molecular weight excluding hydrogens is 268 g/mol. The van der Waals surface area contributed by atoms with Gasteiger partial charge in [0.05, 0.1) is 5.60 Å². The van der Waals surface area contributed by atoms with Gasteiger partial charge in [-0.05, 0) is 32.1 Å². The van der Waals surface area contributed by atoms with E-state index in [-0.39, 0.29) is 24.0 Å². The van der Waals surface area contributed by atoms with E-state index >= 15 is 0 Å². The Morgan fingerprint density at radius 1 is 1.33 bits per heavy atom. The number of ether oxygens (including phenoxy) is 1. The largest absolute Gasteiger partial charge is 0.363 e. The molecule has 2 aliphatic heterocycles. The highest BCUT2D eigenvalue weighted by Gasteiger charge is 2.42. The molecule has 2 amide bonds. The zero-order valence-corrected chi connectivity index (χ0v) is 12.7. The van der Waals surface area contributed by atoms with Gasteiger partial charge in [0, 0.05) is 32.6 Å². The smallest absolute Gasteiger partial charge is 0.248 e. The number of nitrogens with zero attached hydrogens (tertiary/aromatic N) is 2. The van der Waals surface area contributed by atoms with E-state index in [1.807, 2.05) is 11.9 Å². The minimum atomic E-state index is -0.230. The van der Waals surface area contributed by atoms with Gasteiger partial charge in [-0.2, -0.15) is 0 Å². The number of amides is 2. The highest BCUT2D eigenvalue weighted by Crippen LogP contribution is 2.31. The number of allylic oxidation sites excluding steroid dienone is 2. The first-order chi connectivity index (χ1) is 10.1. The summed E-state index contributed by atoms with van der Waals surface area (Å²) in [6, 6.07) is 0. The Hall–Kier alpha value is -1.36. The van der Waals surface area contributed by atoms with Crippen LogP contribution < -0.4 is 0 Å². The predicted octanol–water partition coefficient (Wildman–Crippen LogP) is 1.19. The van der Waals surface area contributed by atoms with E-state index in [2.05, 4.69) is 12.2 Å². The van der Waals surface area contributed by atoms with Crippen molar-refractivity contribution in [1.82, 2.24) is 9.80 Å². The Bertz CT molecular complexity index is 452. The summed E-state index contributed by atoms with van der Waals surface area (Å²) in [7, 11) is 1.83. The molecule has 0 saturated carbocycles. The molecule has 3 rings (SSSR count). The van der Waals surface area contributed by atoms with Gasteiger partial charge < -0.3 is 14.5 Å². The van der Waals surface area contributed by atoms with Crippen LogP contribution in [-0.2, 0) is 14.3 Å². The first-order valence-electron chi connectivity index (χ1n) is 7.91. The Balaban J connectivity index is 1.56. The molecule has 5 nitrogen and oxygen atoms in total. The molecule has 2 saturated heterocycles. The molecule has 0 aromatic carbocycles.